The van der Waals surface area contributed by atoms with Crippen LogP contribution in [0.5, 0.6) is 0 Å². The third kappa shape index (κ3) is 7.48. The largest absolute Gasteiger partial charge is 0.466 e. The highest BCUT2D eigenvalue weighted by molar-refractivity contribution is 7.13. The standard InChI is InChI=1S/C15H26N2O2S/c1-3-5-6-7-8-9-10-16-15-17-13(12-20-15)11-14(18)19-4-2/h12H,3-11H2,1-2H3,(H,16,17). The van der Waals surface area contributed by atoms with Crippen LogP contribution in [0.2, 0.25) is 0 Å². The number of nitrogens with zero attached hydrogens (tertiary/aromatic N) is 1. The first-order valence-electron chi connectivity index (χ1n) is 7.60. The molecule has 1 N–H and O–H groups in total. The van der Waals surface area contributed by atoms with Gasteiger partial charge in [0.15, 0.2) is 5.13 Å². The first kappa shape index (κ1) is 17.0. The first-order chi connectivity index (χ1) is 9.76. The maximum absolute atomic E-state index is 11.3. The van der Waals surface area contributed by atoms with Crippen LogP contribution in [-0.2, 0) is 16.0 Å². The van der Waals surface area contributed by atoms with E-state index in [1.807, 2.05) is 12.3 Å². The van der Waals surface area contributed by atoms with Crippen LogP contribution < -0.4 is 5.32 Å². The highest BCUT2D eigenvalue weighted by atomic mass is 32.1. The van der Waals surface area contributed by atoms with E-state index < -0.39 is 0 Å². The van der Waals surface area contributed by atoms with E-state index in [4.69, 9.17) is 4.74 Å². The Kier molecular flexibility index (Phi) is 9.04. The first-order valence-corrected chi connectivity index (χ1v) is 8.48. The summed E-state index contributed by atoms with van der Waals surface area (Å²) in [5.74, 6) is -0.208. The minimum atomic E-state index is -0.208. The molecule has 114 valence electrons. The number of unbranched alkanes of at least 4 members (excludes halogenated alkanes) is 5. The number of carbonyl (C=O) groups is 1. The molecule has 5 heteroatoms. The van der Waals surface area contributed by atoms with Gasteiger partial charge in [-0.05, 0) is 13.3 Å². The van der Waals surface area contributed by atoms with Crippen molar-refractivity contribution in [1.29, 1.82) is 0 Å². The van der Waals surface area contributed by atoms with Gasteiger partial charge in [-0.15, -0.1) is 11.3 Å². The Morgan fingerprint density at radius 3 is 2.75 bits per heavy atom. The zero-order chi connectivity index (χ0) is 14.6. The maximum atomic E-state index is 11.3. The molecule has 20 heavy (non-hydrogen) atoms. The van der Waals surface area contributed by atoms with Gasteiger partial charge in [-0.3, -0.25) is 4.79 Å². The smallest absolute Gasteiger partial charge is 0.311 e. The van der Waals surface area contributed by atoms with E-state index in [2.05, 4.69) is 17.2 Å². The Hall–Kier alpha value is -1.10. The summed E-state index contributed by atoms with van der Waals surface area (Å²) in [5, 5.41) is 6.13. The van der Waals surface area contributed by atoms with Gasteiger partial charge < -0.3 is 10.1 Å². The highest BCUT2D eigenvalue weighted by Crippen LogP contribution is 2.16. The number of hydrogen-bond donors (Lipinski definition) is 1. The van der Waals surface area contributed by atoms with Crippen molar-refractivity contribution in [2.45, 2.75) is 58.8 Å². The summed E-state index contributed by atoms with van der Waals surface area (Å²) in [6.07, 6.45) is 8.02. The predicted octanol–water partition coefficient (Wildman–Crippen LogP) is 4.02. The summed E-state index contributed by atoms with van der Waals surface area (Å²) in [7, 11) is 0. The lowest BCUT2D eigenvalue weighted by atomic mass is 10.1. The molecule has 0 aliphatic heterocycles. The monoisotopic (exact) mass is 298 g/mol. The SMILES string of the molecule is CCCCCCCCNc1nc(CC(=O)OCC)cs1. The van der Waals surface area contributed by atoms with Crippen LogP contribution in [0.3, 0.4) is 0 Å². The van der Waals surface area contributed by atoms with Crippen molar-refractivity contribution in [3.05, 3.63) is 11.1 Å². The summed E-state index contributed by atoms with van der Waals surface area (Å²) in [5.41, 5.74) is 0.791. The Balaban J connectivity index is 2.12. The second kappa shape index (κ2) is 10.7. The van der Waals surface area contributed by atoms with Gasteiger partial charge in [-0.1, -0.05) is 39.0 Å². The molecule has 0 saturated carbocycles. The van der Waals surface area contributed by atoms with Crippen molar-refractivity contribution in [3.8, 4) is 0 Å². The molecule has 1 rings (SSSR count). The van der Waals surface area contributed by atoms with E-state index >= 15 is 0 Å². The molecule has 4 nitrogen and oxygen atoms in total. The van der Waals surface area contributed by atoms with Crippen molar-refractivity contribution in [2.24, 2.45) is 0 Å². The average molecular weight is 298 g/mol. The number of aromatic nitrogens is 1. The van der Waals surface area contributed by atoms with Crippen molar-refractivity contribution in [1.82, 2.24) is 4.98 Å². The Morgan fingerprint density at radius 2 is 2.00 bits per heavy atom. The van der Waals surface area contributed by atoms with Crippen LogP contribution in [-0.4, -0.2) is 24.1 Å². The number of thiazole rings is 1. The molecule has 0 unspecified atom stereocenters. The van der Waals surface area contributed by atoms with Gasteiger partial charge in [0.1, 0.15) is 0 Å². The van der Waals surface area contributed by atoms with E-state index in [1.165, 1.54) is 38.5 Å². The molecule has 0 radical (unpaired) electrons. The lowest BCUT2D eigenvalue weighted by Crippen LogP contribution is -2.08. The number of hydrogen-bond acceptors (Lipinski definition) is 5. The van der Waals surface area contributed by atoms with Gasteiger partial charge in [0.05, 0.1) is 18.7 Å². The highest BCUT2D eigenvalue weighted by Gasteiger charge is 2.07. The van der Waals surface area contributed by atoms with Gasteiger partial charge in [0.2, 0.25) is 0 Å². The molecular weight excluding hydrogens is 272 g/mol. The van der Waals surface area contributed by atoms with E-state index in [0.717, 1.165) is 17.4 Å². The number of anilines is 1. The number of carbonyl (C=O) groups excluding carboxylic acids is 1. The van der Waals surface area contributed by atoms with E-state index in [1.54, 1.807) is 11.3 Å². The summed E-state index contributed by atoms with van der Waals surface area (Å²) < 4.78 is 4.91. The van der Waals surface area contributed by atoms with Gasteiger partial charge in [-0.2, -0.15) is 0 Å². The second-order valence-corrected chi connectivity index (χ2v) is 5.68. The zero-order valence-electron chi connectivity index (χ0n) is 12.6. The molecule has 0 saturated heterocycles. The van der Waals surface area contributed by atoms with Crippen LogP contribution in [0.1, 0.15) is 58.1 Å². The summed E-state index contributed by atoms with van der Waals surface area (Å²) in [4.78, 5) is 15.7. The normalized spacial score (nSPS) is 10.5. The fourth-order valence-electron chi connectivity index (χ4n) is 1.93. The molecule has 1 aromatic rings. The molecule has 0 aromatic carbocycles. The third-order valence-electron chi connectivity index (χ3n) is 2.99. The molecule has 0 fully saturated rings. The molecular formula is C15H26N2O2S. The van der Waals surface area contributed by atoms with Crippen molar-refractivity contribution >= 4 is 22.4 Å². The zero-order valence-corrected chi connectivity index (χ0v) is 13.4. The molecule has 0 spiro atoms. The fraction of sp³-hybridized carbons (Fsp3) is 0.733. The van der Waals surface area contributed by atoms with Crippen LogP contribution in [0.15, 0.2) is 5.38 Å². The van der Waals surface area contributed by atoms with Crippen molar-refractivity contribution in [2.75, 3.05) is 18.5 Å². The summed E-state index contributed by atoms with van der Waals surface area (Å²) in [6, 6.07) is 0. The Morgan fingerprint density at radius 1 is 1.25 bits per heavy atom. The quantitative estimate of drug-likeness (QED) is 0.495. The average Bonchev–Trinajstić information content (AvgIpc) is 2.85. The van der Waals surface area contributed by atoms with Crippen LogP contribution >= 0.6 is 11.3 Å². The van der Waals surface area contributed by atoms with Gasteiger partial charge in [-0.25, -0.2) is 4.98 Å². The summed E-state index contributed by atoms with van der Waals surface area (Å²) >= 11 is 1.55. The van der Waals surface area contributed by atoms with E-state index in [0.29, 0.717) is 6.61 Å². The van der Waals surface area contributed by atoms with Crippen molar-refractivity contribution < 1.29 is 9.53 Å². The topological polar surface area (TPSA) is 51.2 Å². The minimum absolute atomic E-state index is 0.208. The number of nitrogens with one attached hydrogen (secondary N) is 1. The molecule has 0 aliphatic rings. The van der Waals surface area contributed by atoms with E-state index in [9.17, 15) is 4.79 Å². The van der Waals surface area contributed by atoms with Crippen LogP contribution in [0, 0.1) is 0 Å². The molecule has 0 amide bonds. The number of esters is 1. The van der Waals surface area contributed by atoms with Gasteiger partial charge >= 0.3 is 5.97 Å². The van der Waals surface area contributed by atoms with Gasteiger partial charge in [0.25, 0.3) is 0 Å². The van der Waals surface area contributed by atoms with Crippen LogP contribution in [0.25, 0.3) is 0 Å². The Labute approximate surface area is 125 Å². The maximum Gasteiger partial charge on any atom is 0.311 e. The number of ether oxygens (including phenoxy) is 1. The molecule has 1 aromatic heterocycles. The molecule has 1 heterocycles. The second-order valence-electron chi connectivity index (χ2n) is 4.82. The summed E-state index contributed by atoms with van der Waals surface area (Å²) in [6.45, 7) is 5.43. The number of rotatable bonds is 11. The lowest BCUT2D eigenvalue weighted by molar-refractivity contribution is -0.142. The van der Waals surface area contributed by atoms with E-state index in [-0.39, 0.29) is 12.4 Å². The molecule has 0 atom stereocenters. The third-order valence-corrected chi connectivity index (χ3v) is 3.84. The fourth-order valence-corrected chi connectivity index (χ4v) is 2.67. The molecule has 0 bridgehead atoms. The minimum Gasteiger partial charge on any atom is -0.466 e. The van der Waals surface area contributed by atoms with Crippen molar-refractivity contribution in [3.63, 3.8) is 0 Å². The van der Waals surface area contributed by atoms with Gasteiger partial charge in [0, 0.05) is 11.9 Å². The predicted molar refractivity (Wildman–Crippen MR) is 84.3 cm³/mol. The van der Waals surface area contributed by atoms with Crippen LogP contribution in [0.4, 0.5) is 5.13 Å². The molecule has 0 aliphatic carbocycles. The lowest BCUT2D eigenvalue weighted by Gasteiger charge is -2.02. The Bertz CT molecular complexity index is 380.